The van der Waals surface area contributed by atoms with Gasteiger partial charge in [-0.2, -0.15) is 0 Å². The first-order valence-corrected chi connectivity index (χ1v) is 8.35. The molecule has 7 nitrogen and oxygen atoms in total. The third kappa shape index (κ3) is 3.42. The zero-order valence-corrected chi connectivity index (χ0v) is 13.8. The van der Waals surface area contributed by atoms with E-state index in [4.69, 9.17) is 9.47 Å². The van der Waals surface area contributed by atoms with Crippen molar-refractivity contribution in [3.05, 3.63) is 30.1 Å². The molecule has 1 aliphatic rings. The number of ether oxygens (including phenoxy) is 2. The van der Waals surface area contributed by atoms with Crippen LogP contribution in [0.1, 0.15) is 18.9 Å². The Labute approximate surface area is 138 Å². The highest BCUT2D eigenvalue weighted by Gasteiger charge is 2.27. The minimum absolute atomic E-state index is 0.0202. The topological polar surface area (TPSA) is 78.3 Å². The van der Waals surface area contributed by atoms with E-state index in [1.807, 2.05) is 42.8 Å². The van der Waals surface area contributed by atoms with Crippen molar-refractivity contribution in [1.29, 1.82) is 0 Å². The highest BCUT2D eigenvalue weighted by atomic mass is 32.2. The third-order valence-corrected chi connectivity index (χ3v) is 4.39. The van der Waals surface area contributed by atoms with Crippen LogP contribution >= 0.6 is 11.8 Å². The molecule has 8 heteroatoms. The van der Waals surface area contributed by atoms with Crippen LogP contribution in [0.3, 0.4) is 0 Å². The third-order valence-electron chi connectivity index (χ3n) is 3.37. The molecule has 1 aromatic carbocycles. The first kappa shape index (κ1) is 15.7. The number of thioether (sulfide) groups is 1. The van der Waals surface area contributed by atoms with Crippen LogP contribution in [-0.4, -0.2) is 39.6 Å². The molecule has 0 fully saturated rings. The molecule has 0 unspecified atom stereocenters. The van der Waals surface area contributed by atoms with E-state index in [1.165, 1.54) is 11.8 Å². The maximum Gasteiger partial charge on any atom is 0.230 e. The summed E-state index contributed by atoms with van der Waals surface area (Å²) in [5.41, 5.74) is 0. The van der Waals surface area contributed by atoms with Gasteiger partial charge in [0.15, 0.2) is 28.6 Å². The number of aromatic nitrogens is 3. The second-order valence-electron chi connectivity index (χ2n) is 5.01. The van der Waals surface area contributed by atoms with Crippen molar-refractivity contribution >= 4 is 17.7 Å². The molecule has 0 spiro atoms. The zero-order valence-electron chi connectivity index (χ0n) is 13.0. The number of nitrogens with one attached hydrogen (secondary N) is 1. The van der Waals surface area contributed by atoms with Crippen molar-refractivity contribution < 1.29 is 14.3 Å². The molecule has 0 aliphatic carbocycles. The van der Waals surface area contributed by atoms with E-state index in [-0.39, 0.29) is 12.0 Å². The van der Waals surface area contributed by atoms with E-state index in [0.717, 1.165) is 5.75 Å². The lowest BCUT2D eigenvalue weighted by atomic mass is 10.2. The molecule has 1 N–H and O–H groups in total. The van der Waals surface area contributed by atoms with Gasteiger partial charge in [0.2, 0.25) is 5.91 Å². The van der Waals surface area contributed by atoms with Gasteiger partial charge in [-0.25, -0.2) is 0 Å². The number of hydrogen-bond donors (Lipinski definition) is 1. The molecule has 1 amide bonds. The first-order valence-electron chi connectivity index (χ1n) is 7.36. The number of hydrogen-bond acceptors (Lipinski definition) is 6. The predicted octanol–water partition coefficient (Wildman–Crippen LogP) is 1.56. The average Bonchev–Trinajstić information content (AvgIpc) is 2.93. The lowest BCUT2D eigenvalue weighted by molar-refractivity contribution is -0.118. The Bertz CT molecular complexity index is 704. The fourth-order valence-electron chi connectivity index (χ4n) is 2.26. The SMILES string of the molecule is CCNC(=O)CSc1nnc([C@H]2COc3ccccc3O2)n1C. The summed E-state index contributed by atoms with van der Waals surface area (Å²) >= 11 is 1.35. The van der Waals surface area contributed by atoms with Gasteiger partial charge in [-0.15, -0.1) is 10.2 Å². The van der Waals surface area contributed by atoms with Crippen LogP contribution in [0.25, 0.3) is 0 Å². The van der Waals surface area contributed by atoms with Crippen molar-refractivity contribution in [2.75, 3.05) is 18.9 Å². The maximum absolute atomic E-state index is 11.5. The predicted molar refractivity (Wildman–Crippen MR) is 85.7 cm³/mol. The molecule has 2 aromatic rings. The molecular formula is C15H18N4O3S. The Morgan fingerprint density at radius 3 is 2.96 bits per heavy atom. The quantitative estimate of drug-likeness (QED) is 0.836. The highest BCUT2D eigenvalue weighted by molar-refractivity contribution is 7.99. The van der Waals surface area contributed by atoms with Crippen molar-refractivity contribution in [3.63, 3.8) is 0 Å². The molecule has 0 radical (unpaired) electrons. The van der Waals surface area contributed by atoms with Crippen LogP contribution in [0.4, 0.5) is 0 Å². The van der Waals surface area contributed by atoms with E-state index < -0.39 is 0 Å². The summed E-state index contributed by atoms with van der Waals surface area (Å²) in [6.45, 7) is 2.89. The molecule has 1 atom stereocenters. The summed E-state index contributed by atoms with van der Waals surface area (Å²) < 4.78 is 13.5. The van der Waals surface area contributed by atoms with E-state index >= 15 is 0 Å². The Morgan fingerprint density at radius 1 is 1.39 bits per heavy atom. The summed E-state index contributed by atoms with van der Waals surface area (Å²) in [5.74, 6) is 2.40. The highest BCUT2D eigenvalue weighted by Crippen LogP contribution is 2.35. The fraction of sp³-hybridized carbons (Fsp3) is 0.400. The van der Waals surface area contributed by atoms with Gasteiger partial charge in [0.05, 0.1) is 5.75 Å². The number of carbonyl (C=O) groups excluding carboxylic acids is 1. The Hall–Kier alpha value is -2.22. The Morgan fingerprint density at radius 2 is 2.17 bits per heavy atom. The number of nitrogens with zero attached hydrogens (tertiary/aromatic N) is 3. The number of fused-ring (bicyclic) bond motifs is 1. The molecule has 3 rings (SSSR count). The lowest BCUT2D eigenvalue weighted by Crippen LogP contribution is -2.25. The standard InChI is InChI=1S/C15H18N4O3S/c1-3-16-13(20)9-23-15-18-17-14(19(15)2)12-8-21-10-6-4-5-7-11(10)22-12/h4-7,12H,3,8-9H2,1-2H3,(H,16,20)/t12-/m1/s1. The maximum atomic E-state index is 11.5. The van der Waals surface area contributed by atoms with Crippen LogP contribution in [0.15, 0.2) is 29.4 Å². The van der Waals surface area contributed by atoms with Gasteiger partial charge in [0, 0.05) is 13.6 Å². The summed E-state index contributed by atoms with van der Waals surface area (Å²) in [4.78, 5) is 11.5. The van der Waals surface area contributed by atoms with Gasteiger partial charge >= 0.3 is 0 Å². The summed E-state index contributed by atoms with van der Waals surface area (Å²) in [6.07, 6.45) is -0.318. The number of benzene rings is 1. The van der Waals surface area contributed by atoms with Crippen LogP contribution in [-0.2, 0) is 11.8 Å². The molecule has 0 bridgehead atoms. The van der Waals surface area contributed by atoms with Crippen molar-refractivity contribution in [2.45, 2.75) is 18.2 Å². The number of amides is 1. The fourth-order valence-corrected chi connectivity index (χ4v) is 3.01. The van der Waals surface area contributed by atoms with Gasteiger partial charge in [-0.05, 0) is 19.1 Å². The average molecular weight is 334 g/mol. The monoisotopic (exact) mass is 334 g/mol. The second kappa shape index (κ2) is 6.91. The van der Waals surface area contributed by atoms with Gasteiger partial charge in [-0.1, -0.05) is 23.9 Å². The summed E-state index contributed by atoms with van der Waals surface area (Å²) in [7, 11) is 1.86. The minimum atomic E-state index is -0.318. The molecule has 1 aromatic heterocycles. The van der Waals surface area contributed by atoms with Crippen LogP contribution in [0.5, 0.6) is 11.5 Å². The number of carbonyl (C=O) groups is 1. The van der Waals surface area contributed by atoms with Crippen LogP contribution in [0, 0.1) is 0 Å². The van der Waals surface area contributed by atoms with E-state index in [9.17, 15) is 4.79 Å². The van der Waals surface area contributed by atoms with Gasteiger partial charge in [0.25, 0.3) is 0 Å². The Balaban J connectivity index is 1.69. The van der Waals surface area contributed by atoms with Gasteiger partial charge in [0.1, 0.15) is 6.61 Å². The minimum Gasteiger partial charge on any atom is -0.485 e. The molecule has 2 heterocycles. The molecule has 0 saturated carbocycles. The smallest absolute Gasteiger partial charge is 0.230 e. The molecule has 122 valence electrons. The van der Waals surface area contributed by atoms with Crippen LogP contribution in [0.2, 0.25) is 0 Å². The van der Waals surface area contributed by atoms with Crippen LogP contribution < -0.4 is 14.8 Å². The van der Waals surface area contributed by atoms with Crippen molar-refractivity contribution in [1.82, 2.24) is 20.1 Å². The summed E-state index contributed by atoms with van der Waals surface area (Å²) in [6, 6.07) is 7.54. The van der Waals surface area contributed by atoms with Crippen molar-refractivity contribution in [2.24, 2.45) is 7.05 Å². The normalized spacial score (nSPS) is 16.2. The Kier molecular flexibility index (Phi) is 4.71. The lowest BCUT2D eigenvalue weighted by Gasteiger charge is -2.25. The van der Waals surface area contributed by atoms with Gasteiger partial charge in [-0.3, -0.25) is 4.79 Å². The molecular weight excluding hydrogens is 316 g/mol. The second-order valence-corrected chi connectivity index (χ2v) is 5.95. The molecule has 0 saturated heterocycles. The van der Waals surface area contributed by atoms with Gasteiger partial charge < -0.3 is 19.4 Å². The molecule has 1 aliphatic heterocycles. The van der Waals surface area contributed by atoms with Crippen molar-refractivity contribution in [3.8, 4) is 11.5 Å². The van der Waals surface area contributed by atoms with E-state index in [0.29, 0.717) is 35.6 Å². The zero-order chi connectivity index (χ0) is 16.2. The number of rotatable bonds is 5. The largest absolute Gasteiger partial charge is 0.485 e. The first-order chi connectivity index (χ1) is 11.2. The summed E-state index contributed by atoms with van der Waals surface area (Å²) in [5, 5.41) is 11.8. The number of para-hydroxylation sites is 2. The van der Waals surface area contributed by atoms with E-state index in [2.05, 4.69) is 15.5 Å². The molecule has 23 heavy (non-hydrogen) atoms. The van der Waals surface area contributed by atoms with E-state index in [1.54, 1.807) is 0 Å².